The average Bonchev–Trinajstić information content (AvgIpc) is 2.55. The molecule has 0 saturated carbocycles. The van der Waals surface area contributed by atoms with Gasteiger partial charge in [-0.3, -0.25) is 0 Å². The normalized spacial score (nSPS) is 18.3. The molecule has 1 aliphatic rings. The molecule has 0 N–H and O–H groups in total. The topological polar surface area (TPSA) is 64.0 Å². The Morgan fingerprint density at radius 2 is 2.09 bits per heavy atom. The number of halogens is 2. The van der Waals surface area contributed by atoms with E-state index in [1.54, 1.807) is 12.4 Å². The van der Waals surface area contributed by atoms with Crippen molar-refractivity contribution >= 4 is 21.7 Å². The molecular formula is C14H15BrFN5O. The summed E-state index contributed by atoms with van der Waals surface area (Å²) in [5.41, 5.74) is 0. The van der Waals surface area contributed by atoms with E-state index in [1.807, 2.05) is 4.90 Å². The largest absolute Gasteiger partial charge is 0.463 e. The summed E-state index contributed by atoms with van der Waals surface area (Å²) >= 11 is 3.28. The molecule has 22 heavy (non-hydrogen) atoms. The molecule has 1 fully saturated rings. The van der Waals surface area contributed by atoms with Gasteiger partial charge in [-0.2, -0.15) is 0 Å². The Balaban J connectivity index is 1.59. The van der Waals surface area contributed by atoms with Crippen molar-refractivity contribution in [3.63, 3.8) is 0 Å². The summed E-state index contributed by atoms with van der Waals surface area (Å²) in [6, 6.07) is 0.355. The van der Waals surface area contributed by atoms with Gasteiger partial charge in [-0.1, -0.05) is 0 Å². The van der Waals surface area contributed by atoms with E-state index in [0.717, 1.165) is 23.9 Å². The third-order valence-electron chi connectivity index (χ3n) is 3.51. The highest BCUT2D eigenvalue weighted by Gasteiger charge is 2.23. The van der Waals surface area contributed by atoms with E-state index < -0.39 is 0 Å². The molecule has 0 aromatic carbocycles. The standard InChI is InChI=1S/C14H15BrFN5O/c15-11-4-18-14(19-5-11)22-8-10-2-1-3-21(7-10)13-12(16)6-17-9-20-13/h4-6,9-10H,1-3,7-8H2. The minimum atomic E-state index is -0.389. The molecule has 2 aromatic rings. The summed E-state index contributed by atoms with van der Waals surface area (Å²) in [7, 11) is 0. The van der Waals surface area contributed by atoms with Crippen molar-refractivity contribution in [1.29, 1.82) is 0 Å². The van der Waals surface area contributed by atoms with Crippen LogP contribution in [-0.4, -0.2) is 39.6 Å². The van der Waals surface area contributed by atoms with Crippen molar-refractivity contribution in [3.05, 3.63) is 35.2 Å². The maximum Gasteiger partial charge on any atom is 0.316 e. The van der Waals surface area contributed by atoms with Gasteiger partial charge in [-0.25, -0.2) is 24.3 Å². The monoisotopic (exact) mass is 367 g/mol. The zero-order valence-electron chi connectivity index (χ0n) is 11.8. The molecule has 1 saturated heterocycles. The van der Waals surface area contributed by atoms with Crippen LogP contribution in [0.15, 0.2) is 29.4 Å². The van der Waals surface area contributed by atoms with Crippen molar-refractivity contribution in [2.45, 2.75) is 12.8 Å². The van der Waals surface area contributed by atoms with Gasteiger partial charge in [-0.05, 0) is 28.8 Å². The van der Waals surface area contributed by atoms with Crippen LogP contribution in [0.25, 0.3) is 0 Å². The average molecular weight is 368 g/mol. The Labute approximate surface area is 135 Å². The van der Waals surface area contributed by atoms with Crippen molar-refractivity contribution in [2.24, 2.45) is 5.92 Å². The first-order chi connectivity index (χ1) is 10.7. The van der Waals surface area contributed by atoms with Gasteiger partial charge in [0.05, 0.1) is 17.3 Å². The van der Waals surface area contributed by atoms with Crippen LogP contribution < -0.4 is 9.64 Å². The minimum absolute atomic E-state index is 0.287. The van der Waals surface area contributed by atoms with Crippen LogP contribution in [0.4, 0.5) is 10.2 Å². The van der Waals surface area contributed by atoms with Crippen molar-refractivity contribution in [2.75, 3.05) is 24.6 Å². The van der Waals surface area contributed by atoms with Crippen LogP contribution in [0.5, 0.6) is 6.01 Å². The number of rotatable bonds is 4. The van der Waals surface area contributed by atoms with E-state index >= 15 is 0 Å². The molecule has 1 unspecified atom stereocenters. The van der Waals surface area contributed by atoms with Gasteiger partial charge in [0, 0.05) is 31.4 Å². The molecule has 1 aliphatic heterocycles. The molecular weight excluding hydrogens is 353 g/mol. The summed E-state index contributed by atoms with van der Waals surface area (Å²) in [5, 5.41) is 0. The zero-order valence-corrected chi connectivity index (χ0v) is 13.4. The second-order valence-electron chi connectivity index (χ2n) is 5.14. The summed E-state index contributed by atoms with van der Waals surface area (Å²) in [4.78, 5) is 17.8. The molecule has 0 aliphatic carbocycles. The first kappa shape index (κ1) is 15.1. The second kappa shape index (κ2) is 6.95. The predicted molar refractivity (Wildman–Crippen MR) is 82.2 cm³/mol. The SMILES string of the molecule is Fc1cncnc1N1CCCC(COc2ncc(Br)cn2)C1. The molecule has 6 nitrogen and oxygen atoms in total. The number of ether oxygens (including phenoxy) is 1. The molecule has 3 rings (SSSR count). The zero-order chi connectivity index (χ0) is 15.4. The Hall–Kier alpha value is -1.83. The number of hydrogen-bond acceptors (Lipinski definition) is 6. The summed E-state index contributed by atoms with van der Waals surface area (Å²) in [6.07, 6.45) is 7.85. The number of hydrogen-bond donors (Lipinski definition) is 0. The first-order valence-corrected chi connectivity index (χ1v) is 7.82. The van der Waals surface area contributed by atoms with Crippen LogP contribution in [0.2, 0.25) is 0 Å². The van der Waals surface area contributed by atoms with E-state index in [9.17, 15) is 4.39 Å². The molecule has 0 radical (unpaired) electrons. The van der Waals surface area contributed by atoms with Crippen molar-refractivity contribution < 1.29 is 9.13 Å². The molecule has 1 atom stereocenters. The number of aromatic nitrogens is 4. The second-order valence-corrected chi connectivity index (χ2v) is 6.06. The van der Waals surface area contributed by atoms with Gasteiger partial charge >= 0.3 is 6.01 Å². The van der Waals surface area contributed by atoms with Crippen molar-refractivity contribution in [3.8, 4) is 6.01 Å². The van der Waals surface area contributed by atoms with E-state index in [4.69, 9.17) is 4.74 Å². The number of piperidine rings is 1. The maximum absolute atomic E-state index is 13.8. The number of nitrogens with zero attached hydrogens (tertiary/aromatic N) is 5. The fourth-order valence-corrected chi connectivity index (χ4v) is 2.70. The predicted octanol–water partition coefficient (Wildman–Crippen LogP) is 2.46. The summed E-state index contributed by atoms with van der Waals surface area (Å²) < 4.78 is 20.2. The third kappa shape index (κ3) is 3.68. The smallest absolute Gasteiger partial charge is 0.316 e. The van der Waals surface area contributed by atoms with Gasteiger partial charge in [-0.15, -0.1) is 0 Å². The van der Waals surface area contributed by atoms with E-state index in [1.165, 1.54) is 12.5 Å². The molecule has 0 bridgehead atoms. The van der Waals surface area contributed by atoms with Gasteiger partial charge in [0.2, 0.25) is 0 Å². The molecule has 8 heteroatoms. The third-order valence-corrected chi connectivity index (χ3v) is 3.92. The van der Waals surface area contributed by atoms with Crippen LogP contribution in [-0.2, 0) is 0 Å². The van der Waals surface area contributed by atoms with Gasteiger partial charge in [0.25, 0.3) is 0 Å². The van der Waals surface area contributed by atoms with Gasteiger partial charge < -0.3 is 9.64 Å². The van der Waals surface area contributed by atoms with Crippen molar-refractivity contribution in [1.82, 2.24) is 19.9 Å². The lowest BCUT2D eigenvalue weighted by molar-refractivity contribution is 0.213. The maximum atomic E-state index is 13.8. The lowest BCUT2D eigenvalue weighted by Crippen LogP contribution is -2.38. The Kier molecular flexibility index (Phi) is 4.77. The lowest BCUT2D eigenvalue weighted by Gasteiger charge is -2.33. The summed E-state index contributed by atoms with van der Waals surface area (Å²) in [6.45, 7) is 1.99. The summed E-state index contributed by atoms with van der Waals surface area (Å²) in [5.74, 6) is 0.260. The Morgan fingerprint density at radius 3 is 2.86 bits per heavy atom. The van der Waals surface area contributed by atoms with E-state index in [-0.39, 0.29) is 11.7 Å². The molecule has 0 amide bonds. The van der Waals surface area contributed by atoms with Gasteiger partial charge in [0.1, 0.15) is 6.33 Å². The van der Waals surface area contributed by atoms with E-state index in [2.05, 4.69) is 35.9 Å². The Morgan fingerprint density at radius 1 is 1.27 bits per heavy atom. The van der Waals surface area contributed by atoms with Crippen LogP contribution in [0.1, 0.15) is 12.8 Å². The minimum Gasteiger partial charge on any atom is -0.463 e. The molecule has 0 spiro atoms. The van der Waals surface area contributed by atoms with Crippen LogP contribution in [0.3, 0.4) is 0 Å². The highest BCUT2D eigenvalue weighted by atomic mass is 79.9. The fraction of sp³-hybridized carbons (Fsp3) is 0.429. The van der Waals surface area contributed by atoms with E-state index in [0.29, 0.717) is 25.0 Å². The molecule has 2 aromatic heterocycles. The highest BCUT2D eigenvalue weighted by Crippen LogP contribution is 2.23. The van der Waals surface area contributed by atoms with Crippen LogP contribution >= 0.6 is 15.9 Å². The van der Waals surface area contributed by atoms with Crippen LogP contribution in [0, 0.1) is 11.7 Å². The molecule has 116 valence electrons. The lowest BCUT2D eigenvalue weighted by atomic mass is 9.99. The van der Waals surface area contributed by atoms with Gasteiger partial charge in [0.15, 0.2) is 11.6 Å². The fourth-order valence-electron chi connectivity index (χ4n) is 2.50. The quantitative estimate of drug-likeness (QED) is 0.826. The first-order valence-electron chi connectivity index (χ1n) is 7.03. The highest BCUT2D eigenvalue weighted by molar-refractivity contribution is 9.10. The Bertz CT molecular complexity index is 627. The number of anilines is 1. The molecule has 3 heterocycles.